The zero-order valence-electron chi connectivity index (χ0n) is 5.63. The van der Waals surface area contributed by atoms with Crippen LogP contribution in [0.3, 0.4) is 0 Å². The monoisotopic (exact) mass is 141 g/mol. The lowest BCUT2D eigenvalue weighted by atomic mass is 9.73. The predicted octanol–water partition coefficient (Wildman–Crippen LogP) is -1.42. The summed E-state index contributed by atoms with van der Waals surface area (Å²) in [5.41, 5.74) is 2.19. The first kappa shape index (κ1) is 6.12. The third kappa shape index (κ3) is 0.602. The summed E-state index contributed by atoms with van der Waals surface area (Å²) in [5.74, 6) is 5.71. The van der Waals surface area contributed by atoms with E-state index in [1.165, 1.54) is 0 Å². The Morgan fingerprint density at radius 2 is 2.50 bits per heavy atom. The van der Waals surface area contributed by atoms with Crippen LogP contribution in [0, 0.1) is 11.8 Å². The van der Waals surface area contributed by atoms with Crippen LogP contribution in [0.1, 0.15) is 6.42 Å². The topological polar surface area (TPSA) is 67.1 Å². The van der Waals surface area contributed by atoms with Gasteiger partial charge in [-0.25, -0.2) is 5.84 Å². The summed E-state index contributed by atoms with van der Waals surface area (Å²) < 4.78 is 0. The van der Waals surface area contributed by atoms with Crippen LogP contribution in [-0.4, -0.2) is 18.5 Å². The van der Waals surface area contributed by atoms with Crippen molar-refractivity contribution in [2.45, 2.75) is 12.5 Å². The van der Waals surface area contributed by atoms with Crippen LogP contribution in [-0.2, 0) is 4.79 Å². The van der Waals surface area contributed by atoms with Crippen molar-refractivity contribution in [3.63, 3.8) is 0 Å². The van der Waals surface area contributed by atoms with Crippen molar-refractivity contribution in [3.8, 4) is 0 Å². The van der Waals surface area contributed by atoms with E-state index < -0.39 is 0 Å². The van der Waals surface area contributed by atoms with E-state index in [0.29, 0.717) is 12.0 Å². The fourth-order valence-electron chi connectivity index (χ4n) is 1.97. The average molecular weight is 141 g/mol. The number of nitrogens with two attached hydrogens (primary N) is 1. The first-order chi connectivity index (χ1) is 4.83. The Bertz CT molecular complexity index is 156. The highest BCUT2D eigenvalue weighted by atomic mass is 16.2. The first-order valence-electron chi connectivity index (χ1n) is 3.57. The SMILES string of the molecule is NNC(=O)C1C2CNC1C2. The molecule has 4 N–H and O–H groups in total. The maximum absolute atomic E-state index is 11.0. The summed E-state index contributed by atoms with van der Waals surface area (Å²) in [6.45, 7) is 0.989. The van der Waals surface area contributed by atoms with Crippen LogP contribution in [0.5, 0.6) is 0 Å². The van der Waals surface area contributed by atoms with Gasteiger partial charge in [0.1, 0.15) is 0 Å². The molecule has 3 fully saturated rings. The molecule has 0 aromatic carbocycles. The number of carbonyl (C=O) groups is 1. The van der Waals surface area contributed by atoms with Crippen molar-refractivity contribution >= 4 is 5.91 Å². The predicted molar refractivity (Wildman–Crippen MR) is 35.7 cm³/mol. The van der Waals surface area contributed by atoms with E-state index >= 15 is 0 Å². The summed E-state index contributed by atoms with van der Waals surface area (Å²) in [4.78, 5) is 11.0. The lowest BCUT2D eigenvalue weighted by Gasteiger charge is -2.32. The summed E-state index contributed by atoms with van der Waals surface area (Å²) in [6, 6.07) is 0.411. The number of hydrogen-bond acceptors (Lipinski definition) is 3. The van der Waals surface area contributed by atoms with Crippen molar-refractivity contribution in [1.82, 2.24) is 10.7 Å². The van der Waals surface area contributed by atoms with E-state index in [1.54, 1.807) is 0 Å². The highest BCUT2D eigenvalue weighted by Crippen LogP contribution is 2.39. The highest BCUT2D eigenvalue weighted by molar-refractivity contribution is 5.80. The zero-order valence-corrected chi connectivity index (χ0v) is 5.63. The fraction of sp³-hybridized carbons (Fsp3) is 0.833. The number of fused-ring (bicyclic) bond motifs is 1. The second kappa shape index (κ2) is 1.93. The molecule has 10 heavy (non-hydrogen) atoms. The maximum Gasteiger partial charge on any atom is 0.238 e. The lowest BCUT2D eigenvalue weighted by Crippen LogP contribution is -2.49. The molecule has 0 radical (unpaired) electrons. The second-order valence-corrected chi connectivity index (χ2v) is 3.04. The van der Waals surface area contributed by atoms with Crippen LogP contribution >= 0.6 is 0 Å². The number of hydrogen-bond donors (Lipinski definition) is 3. The van der Waals surface area contributed by atoms with Gasteiger partial charge in [-0.05, 0) is 18.9 Å². The minimum absolute atomic E-state index is 0.00810. The van der Waals surface area contributed by atoms with Crippen LogP contribution in [0.4, 0.5) is 0 Å². The van der Waals surface area contributed by atoms with Crippen molar-refractivity contribution in [2.75, 3.05) is 6.54 Å². The van der Waals surface area contributed by atoms with Crippen LogP contribution in [0.25, 0.3) is 0 Å². The van der Waals surface area contributed by atoms with Crippen molar-refractivity contribution in [3.05, 3.63) is 0 Å². The van der Waals surface area contributed by atoms with E-state index in [0.717, 1.165) is 13.0 Å². The molecular formula is C6H11N3O. The lowest BCUT2D eigenvalue weighted by molar-refractivity contribution is -0.129. The highest BCUT2D eigenvalue weighted by Gasteiger charge is 2.50. The van der Waals surface area contributed by atoms with Gasteiger partial charge in [-0.2, -0.15) is 0 Å². The molecule has 0 aromatic heterocycles. The standard InChI is InChI=1S/C6H11N3O/c7-9-6(10)5-3-1-4(5)8-2-3/h3-5,8H,1-2,7H2,(H,9,10). The van der Waals surface area contributed by atoms with E-state index in [1.807, 2.05) is 0 Å². The minimum Gasteiger partial charge on any atom is -0.313 e. The van der Waals surface area contributed by atoms with Gasteiger partial charge >= 0.3 is 0 Å². The van der Waals surface area contributed by atoms with Gasteiger partial charge in [0.05, 0.1) is 5.92 Å². The molecule has 1 amide bonds. The number of amides is 1. The molecule has 3 atom stereocenters. The Hall–Kier alpha value is -0.610. The molecule has 3 rings (SSSR count). The average Bonchev–Trinajstić information content (AvgIpc) is 2.44. The number of hydrazine groups is 1. The van der Waals surface area contributed by atoms with Crippen LogP contribution in [0.2, 0.25) is 0 Å². The molecule has 4 heteroatoms. The molecule has 2 saturated heterocycles. The smallest absolute Gasteiger partial charge is 0.238 e. The summed E-state index contributed by atoms with van der Waals surface area (Å²) in [6.07, 6.45) is 1.15. The Balaban J connectivity index is 2.02. The largest absolute Gasteiger partial charge is 0.313 e. The molecule has 56 valence electrons. The van der Waals surface area contributed by atoms with E-state index in [9.17, 15) is 4.79 Å². The van der Waals surface area contributed by atoms with Gasteiger partial charge in [0.15, 0.2) is 0 Å². The number of nitrogens with one attached hydrogen (secondary N) is 2. The number of rotatable bonds is 1. The van der Waals surface area contributed by atoms with E-state index in [-0.39, 0.29) is 11.8 Å². The molecule has 2 bridgehead atoms. The Kier molecular flexibility index (Phi) is 1.18. The summed E-state index contributed by atoms with van der Waals surface area (Å²) >= 11 is 0. The molecule has 4 nitrogen and oxygen atoms in total. The van der Waals surface area contributed by atoms with Crippen LogP contribution in [0.15, 0.2) is 0 Å². The van der Waals surface area contributed by atoms with E-state index in [2.05, 4.69) is 10.7 Å². The molecule has 2 heterocycles. The maximum atomic E-state index is 11.0. The molecule has 3 aliphatic rings. The van der Waals surface area contributed by atoms with Gasteiger partial charge in [-0.15, -0.1) is 0 Å². The molecule has 0 aromatic rings. The molecule has 1 aliphatic carbocycles. The van der Waals surface area contributed by atoms with Gasteiger partial charge in [0.2, 0.25) is 5.91 Å². The van der Waals surface area contributed by atoms with Gasteiger partial charge < -0.3 is 5.32 Å². The van der Waals surface area contributed by atoms with Gasteiger partial charge in [-0.1, -0.05) is 0 Å². The second-order valence-electron chi connectivity index (χ2n) is 3.04. The van der Waals surface area contributed by atoms with E-state index in [4.69, 9.17) is 5.84 Å². The zero-order chi connectivity index (χ0) is 7.14. The summed E-state index contributed by atoms with van der Waals surface area (Å²) in [7, 11) is 0. The molecule has 2 aliphatic heterocycles. The Morgan fingerprint density at radius 1 is 1.70 bits per heavy atom. The summed E-state index contributed by atoms with van der Waals surface area (Å²) in [5, 5.41) is 3.24. The normalized spacial score (nSPS) is 42.7. The minimum atomic E-state index is -0.00810. The van der Waals surface area contributed by atoms with Crippen molar-refractivity contribution in [1.29, 1.82) is 0 Å². The Labute approximate surface area is 59.1 Å². The van der Waals surface area contributed by atoms with Gasteiger partial charge in [0, 0.05) is 6.04 Å². The van der Waals surface area contributed by atoms with Crippen molar-refractivity contribution in [2.24, 2.45) is 17.7 Å². The first-order valence-corrected chi connectivity index (χ1v) is 3.57. The number of carbonyl (C=O) groups excluding carboxylic acids is 1. The Morgan fingerprint density at radius 3 is 2.90 bits per heavy atom. The van der Waals surface area contributed by atoms with Gasteiger partial charge in [0.25, 0.3) is 0 Å². The van der Waals surface area contributed by atoms with Crippen LogP contribution < -0.4 is 16.6 Å². The quantitative estimate of drug-likeness (QED) is 0.238. The molecule has 1 saturated carbocycles. The molecule has 3 unspecified atom stereocenters. The van der Waals surface area contributed by atoms with Crippen molar-refractivity contribution < 1.29 is 4.79 Å². The fourth-order valence-corrected chi connectivity index (χ4v) is 1.97. The van der Waals surface area contributed by atoms with Gasteiger partial charge in [-0.3, -0.25) is 10.2 Å². The molecular weight excluding hydrogens is 130 g/mol. The third-order valence-corrected chi connectivity index (χ3v) is 2.59. The molecule has 0 spiro atoms. The third-order valence-electron chi connectivity index (χ3n) is 2.59.